The number of hydrogen-bond donors (Lipinski definition) is 2. The third-order valence-electron chi connectivity index (χ3n) is 6.61. The summed E-state index contributed by atoms with van der Waals surface area (Å²) in [6.45, 7) is 3.09. The summed E-state index contributed by atoms with van der Waals surface area (Å²) in [5.74, 6) is -0.899. The van der Waals surface area contributed by atoms with Gasteiger partial charge in [0.25, 0.3) is 0 Å². The molecule has 1 N–H and O–H groups in total. The van der Waals surface area contributed by atoms with Gasteiger partial charge in [-0.25, -0.2) is 21.9 Å². The highest BCUT2D eigenvalue weighted by molar-refractivity contribution is 7.74. The molecular weight excluding hydrogens is 447 g/mol. The second-order valence-electron chi connectivity index (χ2n) is 8.76. The van der Waals surface area contributed by atoms with Crippen LogP contribution in [-0.4, -0.2) is 50.6 Å². The van der Waals surface area contributed by atoms with Crippen LogP contribution in [0.2, 0.25) is 0 Å². The maximum absolute atomic E-state index is 14.1. The molecular formula is C24H25FN2O5S. The number of nitrogens with zero attached hydrogens (tertiary/aromatic N) is 2. The summed E-state index contributed by atoms with van der Waals surface area (Å²) in [5, 5.41) is 9.99. The van der Waals surface area contributed by atoms with Gasteiger partial charge in [0, 0.05) is 18.0 Å². The van der Waals surface area contributed by atoms with Crippen molar-refractivity contribution in [3.05, 3.63) is 58.9 Å². The molecule has 3 aliphatic rings. The van der Waals surface area contributed by atoms with Gasteiger partial charge < -0.3 is 9.84 Å². The van der Waals surface area contributed by atoms with E-state index in [0.29, 0.717) is 24.6 Å². The lowest BCUT2D eigenvalue weighted by atomic mass is 9.99. The van der Waals surface area contributed by atoms with Crippen LogP contribution in [0.3, 0.4) is 0 Å². The molecule has 2 heterocycles. The van der Waals surface area contributed by atoms with Gasteiger partial charge in [-0.05, 0) is 68.1 Å². The number of fused-ring (bicyclic) bond motifs is 3. The highest BCUT2D eigenvalue weighted by Gasteiger charge is 2.45. The summed E-state index contributed by atoms with van der Waals surface area (Å²) in [6.07, 6.45) is 6.79. The van der Waals surface area contributed by atoms with Crippen LogP contribution in [0.4, 0.5) is 15.8 Å². The number of ether oxygens (including phenoxy) is 1. The maximum atomic E-state index is 14.1. The smallest absolute Gasteiger partial charge is 0.341 e. The average molecular weight is 473 g/mol. The molecule has 2 aliphatic heterocycles. The second kappa shape index (κ2) is 8.79. The molecule has 5 rings (SSSR count). The SMILES string of the molecule is O=C(O)c1c(N(c2ccc(F)cc2C=CCN2CCCC2)[SH](=O)=O)ccc2c1OCC1CC21. The van der Waals surface area contributed by atoms with Gasteiger partial charge >= 0.3 is 5.97 Å². The molecule has 7 nitrogen and oxygen atoms in total. The first-order chi connectivity index (χ1) is 15.9. The number of likely N-dealkylation sites (tertiary alicyclic amines) is 1. The zero-order valence-corrected chi connectivity index (χ0v) is 18.8. The van der Waals surface area contributed by atoms with Crippen LogP contribution in [0.15, 0.2) is 36.4 Å². The average Bonchev–Trinajstić information content (AvgIpc) is 3.40. The normalized spacial score (nSPS) is 21.6. The molecule has 1 saturated heterocycles. The van der Waals surface area contributed by atoms with Gasteiger partial charge in [-0.3, -0.25) is 4.90 Å². The minimum absolute atomic E-state index is 0.0164. The van der Waals surface area contributed by atoms with Crippen molar-refractivity contribution in [3.63, 3.8) is 0 Å². The zero-order chi connectivity index (χ0) is 23.1. The van der Waals surface area contributed by atoms with Gasteiger partial charge in [-0.15, -0.1) is 0 Å². The molecule has 33 heavy (non-hydrogen) atoms. The zero-order valence-electron chi connectivity index (χ0n) is 17.9. The van der Waals surface area contributed by atoms with Crippen molar-refractivity contribution < 1.29 is 27.4 Å². The monoisotopic (exact) mass is 472 g/mol. The van der Waals surface area contributed by atoms with Crippen molar-refractivity contribution in [1.29, 1.82) is 0 Å². The van der Waals surface area contributed by atoms with Crippen LogP contribution in [0.5, 0.6) is 5.75 Å². The number of carboxylic acids is 1. The van der Waals surface area contributed by atoms with Gasteiger partial charge in [0.15, 0.2) is 0 Å². The second-order valence-corrected chi connectivity index (χ2v) is 9.64. The van der Waals surface area contributed by atoms with Gasteiger partial charge in [0.1, 0.15) is 17.1 Å². The highest BCUT2D eigenvalue weighted by Crippen LogP contribution is 2.56. The Morgan fingerprint density at radius 1 is 1.21 bits per heavy atom. The van der Waals surface area contributed by atoms with E-state index < -0.39 is 22.7 Å². The third kappa shape index (κ3) is 4.22. The minimum Gasteiger partial charge on any atom is -0.492 e. The molecule has 2 fully saturated rings. The number of rotatable bonds is 7. The Morgan fingerprint density at radius 2 is 1.97 bits per heavy atom. The van der Waals surface area contributed by atoms with Crippen molar-refractivity contribution in [3.8, 4) is 5.75 Å². The molecule has 9 heteroatoms. The van der Waals surface area contributed by atoms with Gasteiger partial charge in [0.05, 0.1) is 18.0 Å². The van der Waals surface area contributed by atoms with E-state index in [1.165, 1.54) is 24.3 Å². The molecule has 174 valence electrons. The standard InChI is InChI=1S/C24H25FN2O5S/c25-17-5-7-20(15(12-17)4-3-11-26-9-1-2-10-26)27(33(30)31)21-8-6-18-19-13-16(19)14-32-23(18)22(21)24(28)29/h3-8,12,16,19,33H,1-2,9-11,13-14H2,(H,28,29). The van der Waals surface area contributed by atoms with E-state index in [-0.39, 0.29) is 28.6 Å². The highest BCUT2D eigenvalue weighted by atomic mass is 32.2. The molecule has 2 aromatic rings. The van der Waals surface area contributed by atoms with Crippen LogP contribution < -0.4 is 9.04 Å². The number of hydrogen-bond acceptors (Lipinski definition) is 5. The van der Waals surface area contributed by atoms with Crippen molar-refractivity contribution >= 4 is 34.3 Å². The number of carbonyl (C=O) groups is 1. The first-order valence-corrected chi connectivity index (χ1v) is 12.2. The lowest BCUT2D eigenvalue weighted by Gasteiger charge is -2.26. The van der Waals surface area contributed by atoms with Crippen LogP contribution in [0.1, 0.15) is 46.7 Å². The van der Waals surface area contributed by atoms with Crippen molar-refractivity contribution in [1.82, 2.24) is 4.90 Å². The molecule has 2 aromatic carbocycles. The van der Waals surface area contributed by atoms with Crippen molar-refractivity contribution in [2.24, 2.45) is 5.92 Å². The van der Waals surface area contributed by atoms with Crippen LogP contribution >= 0.6 is 0 Å². The van der Waals surface area contributed by atoms with E-state index in [0.717, 1.165) is 42.2 Å². The Morgan fingerprint density at radius 3 is 2.70 bits per heavy atom. The summed E-state index contributed by atoms with van der Waals surface area (Å²) in [6, 6.07) is 7.05. The minimum atomic E-state index is -3.27. The maximum Gasteiger partial charge on any atom is 0.341 e. The largest absolute Gasteiger partial charge is 0.492 e. The summed E-state index contributed by atoms with van der Waals surface area (Å²) >= 11 is 0. The fourth-order valence-electron chi connectivity index (χ4n) is 4.87. The van der Waals surface area contributed by atoms with E-state index in [1.54, 1.807) is 12.1 Å². The number of halogens is 1. The molecule has 0 aromatic heterocycles. The Bertz CT molecular complexity index is 1200. The van der Waals surface area contributed by atoms with E-state index in [4.69, 9.17) is 4.74 Å². The number of thiol groups is 1. The number of aromatic carboxylic acids is 1. The van der Waals surface area contributed by atoms with E-state index in [9.17, 15) is 22.7 Å². The first-order valence-electron chi connectivity index (χ1n) is 11.1. The van der Waals surface area contributed by atoms with Crippen LogP contribution in [0, 0.1) is 11.7 Å². The Kier molecular flexibility index (Phi) is 5.84. The number of anilines is 2. The van der Waals surface area contributed by atoms with Gasteiger partial charge in [0.2, 0.25) is 10.9 Å². The molecule has 1 aliphatic carbocycles. The Balaban J connectivity index is 1.58. The predicted molar refractivity (Wildman–Crippen MR) is 123 cm³/mol. The topological polar surface area (TPSA) is 87.2 Å². The Hall–Kier alpha value is -2.91. The lowest BCUT2D eigenvalue weighted by Crippen LogP contribution is -2.21. The van der Waals surface area contributed by atoms with Crippen molar-refractivity contribution in [2.45, 2.75) is 25.2 Å². The number of carboxylic acid groups (broad SMARTS) is 1. The molecule has 0 radical (unpaired) electrons. The molecule has 0 bridgehead atoms. The van der Waals surface area contributed by atoms with Crippen LogP contribution in [0.25, 0.3) is 6.08 Å². The van der Waals surface area contributed by atoms with E-state index >= 15 is 0 Å². The summed E-state index contributed by atoms with van der Waals surface area (Å²) < 4.78 is 45.7. The van der Waals surface area contributed by atoms with Crippen molar-refractivity contribution in [2.75, 3.05) is 30.5 Å². The van der Waals surface area contributed by atoms with E-state index in [1.807, 2.05) is 6.08 Å². The van der Waals surface area contributed by atoms with E-state index in [2.05, 4.69) is 4.90 Å². The van der Waals surface area contributed by atoms with Gasteiger partial charge in [-0.1, -0.05) is 18.2 Å². The Labute approximate surface area is 193 Å². The summed E-state index contributed by atoms with van der Waals surface area (Å²) in [7, 11) is -3.27. The molecule has 2 atom stereocenters. The summed E-state index contributed by atoms with van der Waals surface area (Å²) in [5.41, 5.74) is 1.14. The lowest BCUT2D eigenvalue weighted by molar-refractivity contribution is 0.0692. The molecule has 0 spiro atoms. The fourth-order valence-corrected chi connectivity index (χ4v) is 5.57. The number of benzene rings is 2. The molecule has 1 saturated carbocycles. The molecule has 0 amide bonds. The fraction of sp³-hybridized carbons (Fsp3) is 0.375. The third-order valence-corrected chi connectivity index (χ3v) is 7.37. The molecule has 2 unspecified atom stereocenters. The quantitative estimate of drug-likeness (QED) is 0.597. The van der Waals surface area contributed by atoms with Gasteiger partial charge in [-0.2, -0.15) is 0 Å². The van der Waals surface area contributed by atoms with Crippen LogP contribution in [-0.2, 0) is 10.9 Å². The predicted octanol–water partition coefficient (Wildman–Crippen LogP) is 3.79. The first kappa shape index (κ1) is 21.9. The summed E-state index contributed by atoms with van der Waals surface area (Å²) in [4.78, 5) is 14.5.